The lowest BCUT2D eigenvalue weighted by atomic mass is 10.1. The molecular formula is C19H21N5O3. The number of carbonyl (C=O) groups is 1. The predicted molar refractivity (Wildman–Crippen MR) is 99.1 cm³/mol. The highest BCUT2D eigenvalue weighted by Crippen LogP contribution is 2.30. The van der Waals surface area contributed by atoms with E-state index < -0.39 is 0 Å². The van der Waals surface area contributed by atoms with Crippen LogP contribution in [-0.4, -0.2) is 61.2 Å². The molecule has 1 amide bonds. The minimum absolute atomic E-state index is 0.133. The van der Waals surface area contributed by atoms with Crippen molar-refractivity contribution in [3.05, 3.63) is 41.2 Å². The van der Waals surface area contributed by atoms with E-state index in [1.807, 2.05) is 11.8 Å². The summed E-state index contributed by atoms with van der Waals surface area (Å²) in [6.45, 7) is 4.02. The molecule has 0 spiro atoms. The minimum atomic E-state index is -0.133. The Hall–Kier alpha value is -3.34. The van der Waals surface area contributed by atoms with E-state index in [0.29, 0.717) is 54.9 Å². The number of rotatable bonds is 4. The molecule has 2 aromatic rings. The molecule has 140 valence electrons. The minimum Gasteiger partial charge on any atom is -0.496 e. The number of piperazine rings is 1. The van der Waals surface area contributed by atoms with Gasteiger partial charge in [0.2, 0.25) is 5.95 Å². The number of benzene rings is 1. The van der Waals surface area contributed by atoms with Crippen LogP contribution in [0.15, 0.2) is 24.3 Å². The van der Waals surface area contributed by atoms with Gasteiger partial charge in [-0.3, -0.25) is 4.79 Å². The van der Waals surface area contributed by atoms with Crippen LogP contribution in [0, 0.1) is 18.3 Å². The van der Waals surface area contributed by atoms with E-state index in [1.54, 1.807) is 29.2 Å². The van der Waals surface area contributed by atoms with Gasteiger partial charge >= 0.3 is 0 Å². The van der Waals surface area contributed by atoms with Crippen molar-refractivity contribution in [2.75, 3.05) is 45.3 Å². The second-order valence-electron chi connectivity index (χ2n) is 6.12. The van der Waals surface area contributed by atoms with Crippen molar-refractivity contribution in [2.24, 2.45) is 0 Å². The van der Waals surface area contributed by atoms with Crippen molar-refractivity contribution in [3.8, 4) is 17.6 Å². The summed E-state index contributed by atoms with van der Waals surface area (Å²) in [5.74, 6) is 1.37. The number of ether oxygens (including phenoxy) is 2. The van der Waals surface area contributed by atoms with Gasteiger partial charge in [-0.15, -0.1) is 0 Å². The normalized spacial score (nSPS) is 13.9. The molecule has 1 aliphatic rings. The first-order chi connectivity index (χ1) is 13.1. The van der Waals surface area contributed by atoms with Crippen molar-refractivity contribution in [2.45, 2.75) is 6.92 Å². The van der Waals surface area contributed by atoms with Crippen molar-refractivity contribution in [1.29, 1.82) is 5.26 Å². The molecule has 2 heterocycles. The lowest BCUT2D eigenvalue weighted by Gasteiger charge is -2.35. The third kappa shape index (κ3) is 3.77. The first-order valence-corrected chi connectivity index (χ1v) is 8.58. The quantitative estimate of drug-likeness (QED) is 0.811. The highest BCUT2D eigenvalue weighted by Gasteiger charge is 2.28. The van der Waals surface area contributed by atoms with Crippen LogP contribution in [0.3, 0.4) is 0 Å². The summed E-state index contributed by atoms with van der Waals surface area (Å²) in [6.07, 6.45) is 0. The van der Waals surface area contributed by atoms with Gasteiger partial charge in [0, 0.05) is 31.9 Å². The molecule has 8 heteroatoms. The number of methoxy groups -OCH3 is 2. The first-order valence-electron chi connectivity index (χ1n) is 8.58. The molecule has 0 radical (unpaired) electrons. The maximum atomic E-state index is 13.0. The highest BCUT2D eigenvalue weighted by molar-refractivity contribution is 5.99. The largest absolute Gasteiger partial charge is 0.496 e. The van der Waals surface area contributed by atoms with Crippen molar-refractivity contribution < 1.29 is 14.3 Å². The van der Waals surface area contributed by atoms with Crippen molar-refractivity contribution >= 4 is 11.9 Å². The average molecular weight is 367 g/mol. The topological polar surface area (TPSA) is 91.6 Å². The van der Waals surface area contributed by atoms with E-state index in [9.17, 15) is 4.79 Å². The van der Waals surface area contributed by atoms with Gasteiger partial charge < -0.3 is 19.3 Å². The van der Waals surface area contributed by atoms with Crippen molar-refractivity contribution in [1.82, 2.24) is 14.9 Å². The predicted octanol–water partition coefficient (Wildman–Crippen LogP) is 1.64. The highest BCUT2D eigenvalue weighted by atomic mass is 16.5. The van der Waals surface area contributed by atoms with E-state index in [4.69, 9.17) is 14.7 Å². The fourth-order valence-electron chi connectivity index (χ4n) is 3.08. The number of amides is 1. The van der Waals surface area contributed by atoms with Crippen LogP contribution >= 0.6 is 0 Å². The molecular weight excluding hydrogens is 346 g/mol. The molecule has 1 saturated heterocycles. The Bertz CT molecular complexity index is 863. The van der Waals surface area contributed by atoms with Gasteiger partial charge in [-0.25, -0.2) is 9.97 Å². The molecule has 1 fully saturated rings. The Morgan fingerprint density at radius 2 is 1.74 bits per heavy atom. The maximum absolute atomic E-state index is 13.0. The van der Waals surface area contributed by atoms with E-state index in [1.165, 1.54) is 14.2 Å². The lowest BCUT2D eigenvalue weighted by molar-refractivity contribution is 0.0739. The number of anilines is 1. The second kappa shape index (κ2) is 7.91. The van der Waals surface area contributed by atoms with E-state index >= 15 is 0 Å². The van der Waals surface area contributed by atoms with Gasteiger partial charge in [0.15, 0.2) is 0 Å². The average Bonchev–Trinajstić information content (AvgIpc) is 2.72. The van der Waals surface area contributed by atoms with Gasteiger partial charge in [0.1, 0.15) is 28.8 Å². The van der Waals surface area contributed by atoms with Crippen molar-refractivity contribution in [3.63, 3.8) is 0 Å². The lowest BCUT2D eigenvalue weighted by Crippen LogP contribution is -2.49. The fourth-order valence-corrected chi connectivity index (χ4v) is 3.08. The van der Waals surface area contributed by atoms with Crippen LogP contribution in [-0.2, 0) is 0 Å². The number of aryl methyl sites for hydroxylation is 1. The van der Waals surface area contributed by atoms with Crippen LogP contribution in [0.25, 0.3) is 0 Å². The molecule has 1 aromatic heterocycles. The van der Waals surface area contributed by atoms with E-state index in [2.05, 4.69) is 16.0 Å². The Balaban J connectivity index is 1.76. The fraction of sp³-hybridized carbons (Fsp3) is 0.368. The number of hydrogen-bond acceptors (Lipinski definition) is 7. The summed E-state index contributed by atoms with van der Waals surface area (Å²) in [4.78, 5) is 25.5. The van der Waals surface area contributed by atoms with Crippen LogP contribution in [0.5, 0.6) is 11.5 Å². The standard InChI is InChI=1S/C19H21N5O3/c1-13-11-14(12-20)22-19(21-13)24-9-7-23(8-10-24)18(25)17-15(26-2)5-4-6-16(17)27-3/h4-6,11H,7-10H2,1-3H3. The maximum Gasteiger partial charge on any atom is 0.261 e. The first kappa shape index (κ1) is 18.5. The Morgan fingerprint density at radius 3 is 2.30 bits per heavy atom. The number of hydrogen-bond donors (Lipinski definition) is 0. The summed E-state index contributed by atoms with van der Waals surface area (Å²) >= 11 is 0. The molecule has 0 aliphatic carbocycles. The Labute approximate surface area is 158 Å². The zero-order valence-corrected chi connectivity index (χ0v) is 15.6. The van der Waals surface area contributed by atoms with Gasteiger partial charge in [0.05, 0.1) is 14.2 Å². The molecule has 0 unspecified atom stereocenters. The zero-order chi connectivity index (χ0) is 19.4. The number of aromatic nitrogens is 2. The van der Waals surface area contributed by atoms with E-state index in [0.717, 1.165) is 5.69 Å². The molecule has 1 aliphatic heterocycles. The molecule has 27 heavy (non-hydrogen) atoms. The summed E-state index contributed by atoms with van der Waals surface area (Å²) in [5.41, 5.74) is 1.51. The zero-order valence-electron chi connectivity index (χ0n) is 15.6. The van der Waals surface area contributed by atoms with Crippen LogP contribution < -0.4 is 14.4 Å². The van der Waals surface area contributed by atoms with Crippen LogP contribution in [0.2, 0.25) is 0 Å². The SMILES string of the molecule is COc1cccc(OC)c1C(=O)N1CCN(c2nc(C)cc(C#N)n2)CC1. The summed E-state index contributed by atoms with van der Waals surface area (Å²) in [7, 11) is 3.07. The number of carbonyl (C=O) groups excluding carboxylic acids is 1. The molecule has 0 N–H and O–H groups in total. The Kier molecular flexibility index (Phi) is 5.41. The molecule has 8 nitrogen and oxygen atoms in total. The smallest absolute Gasteiger partial charge is 0.261 e. The van der Waals surface area contributed by atoms with Gasteiger partial charge in [-0.05, 0) is 25.1 Å². The van der Waals surface area contributed by atoms with Crippen LogP contribution in [0.4, 0.5) is 5.95 Å². The molecule has 0 bridgehead atoms. The number of nitriles is 1. The summed E-state index contributed by atoms with van der Waals surface area (Å²) < 4.78 is 10.7. The third-order valence-electron chi connectivity index (χ3n) is 4.45. The van der Waals surface area contributed by atoms with Crippen LogP contribution in [0.1, 0.15) is 21.7 Å². The monoisotopic (exact) mass is 367 g/mol. The molecule has 0 saturated carbocycles. The molecule has 3 rings (SSSR count). The molecule has 1 aromatic carbocycles. The van der Waals surface area contributed by atoms with Gasteiger partial charge in [-0.2, -0.15) is 5.26 Å². The summed E-state index contributed by atoms with van der Waals surface area (Å²) in [5, 5.41) is 9.09. The Morgan fingerprint density at radius 1 is 1.11 bits per heavy atom. The van der Waals surface area contributed by atoms with Gasteiger partial charge in [-0.1, -0.05) is 6.07 Å². The summed E-state index contributed by atoms with van der Waals surface area (Å²) in [6, 6.07) is 8.98. The van der Waals surface area contributed by atoms with Gasteiger partial charge in [0.25, 0.3) is 5.91 Å². The molecule has 0 atom stereocenters. The number of nitrogens with zero attached hydrogens (tertiary/aromatic N) is 5. The third-order valence-corrected chi connectivity index (χ3v) is 4.45. The van der Waals surface area contributed by atoms with E-state index in [-0.39, 0.29) is 5.91 Å². The second-order valence-corrected chi connectivity index (χ2v) is 6.12.